The molecular formula is C17H20ClNO3. The molecule has 1 aromatic rings. The number of benzene rings is 1. The molecule has 0 saturated carbocycles. The highest BCUT2D eigenvalue weighted by molar-refractivity contribution is 6.31. The van der Waals surface area contributed by atoms with E-state index >= 15 is 0 Å². The van der Waals surface area contributed by atoms with E-state index in [0.29, 0.717) is 17.1 Å². The lowest BCUT2D eigenvalue weighted by atomic mass is 10.1. The van der Waals surface area contributed by atoms with Crippen LogP contribution in [0.25, 0.3) is 0 Å². The van der Waals surface area contributed by atoms with Crippen LogP contribution in [0.5, 0.6) is 0 Å². The molecule has 0 aromatic heterocycles. The number of amides is 1. The third kappa shape index (κ3) is 4.60. The zero-order valence-corrected chi connectivity index (χ0v) is 13.5. The number of hydrogen-bond acceptors (Lipinski definition) is 3. The van der Waals surface area contributed by atoms with E-state index in [9.17, 15) is 9.59 Å². The van der Waals surface area contributed by atoms with Crippen LogP contribution in [-0.2, 0) is 14.3 Å². The number of nitrogens with one attached hydrogen (secondary N) is 1. The van der Waals surface area contributed by atoms with E-state index in [1.165, 1.54) is 0 Å². The minimum Gasteiger partial charge on any atom is -0.453 e. The quantitative estimate of drug-likeness (QED) is 0.661. The second-order valence-electron chi connectivity index (χ2n) is 5.55. The van der Waals surface area contributed by atoms with Crippen LogP contribution in [0, 0.1) is 12.8 Å². The van der Waals surface area contributed by atoms with Crippen molar-refractivity contribution < 1.29 is 14.3 Å². The van der Waals surface area contributed by atoms with Gasteiger partial charge in [-0.1, -0.05) is 29.8 Å². The van der Waals surface area contributed by atoms with Gasteiger partial charge >= 0.3 is 5.97 Å². The largest absolute Gasteiger partial charge is 0.453 e. The van der Waals surface area contributed by atoms with E-state index in [1.807, 2.05) is 19.1 Å². The van der Waals surface area contributed by atoms with Crippen molar-refractivity contribution >= 4 is 29.2 Å². The summed E-state index contributed by atoms with van der Waals surface area (Å²) in [6, 6.07) is 5.25. The zero-order valence-electron chi connectivity index (χ0n) is 12.8. The van der Waals surface area contributed by atoms with Gasteiger partial charge in [0.1, 0.15) is 0 Å². The van der Waals surface area contributed by atoms with Gasteiger partial charge in [0.15, 0.2) is 6.10 Å². The van der Waals surface area contributed by atoms with E-state index < -0.39 is 6.10 Å². The molecule has 5 heteroatoms. The summed E-state index contributed by atoms with van der Waals surface area (Å²) >= 11 is 5.92. The van der Waals surface area contributed by atoms with Gasteiger partial charge in [-0.25, -0.2) is 0 Å². The Bertz CT molecular complexity index is 598. The number of allylic oxidation sites excluding steroid dienone is 2. The Morgan fingerprint density at radius 2 is 2.23 bits per heavy atom. The van der Waals surface area contributed by atoms with E-state index in [2.05, 4.69) is 11.4 Å². The zero-order chi connectivity index (χ0) is 16.1. The summed E-state index contributed by atoms with van der Waals surface area (Å²) in [4.78, 5) is 23.9. The lowest BCUT2D eigenvalue weighted by Crippen LogP contribution is -2.30. The maximum atomic E-state index is 12.1. The molecule has 1 aliphatic carbocycles. The molecule has 0 unspecified atom stereocenters. The average molecular weight is 322 g/mol. The Morgan fingerprint density at radius 1 is 1.45 bits per heavy atom. The molecule has 1 aliphatic rings. The maximum Gasteiger partial charge on any atom is 0.307 e. The molecule has 4 nitrogen and oxygen atoms in total. The predicted molar refractivity (Wildman–Crippen MR) is 86.9 cm³/mol. The van der Waals surface area contributed by atoms with Gasteiger partial charge in [0, 0.05) is 10.7 Å². The summed E-state index contributed by atoms with van der Waals surface area (Å²) in [7, 11) is 0. The van der Waals surface area contributed by atoms with Crippen LogP contribution in [0.15, 0.2) is 30.4 Å². The standard InChI is InChI=1S/C17H20ClNO3/c1-11-7-8-14(18)10-15(11)19-17(21)12(2)22-16(20)9-13-5-3-4-6-13/h3,5,7-8,10,12-13H,4,6,9H2,1-2H3,(H,19,21)/t12-,13+/m1/s1. The number of rotatable bonds is 5. The third-order valence-corrected chi connectivity index (χ3v) is 3.91. The van der Waals surface area contributed by atoms with Crippen molar-refractivity contribution in [1.82, 2.24) is 0 Å². The van der Waals surface area contributed by atoms with Gasteiger partial charge in [-0.15, -0.1) is 0 Å². The monoisotopic (exact) mass is 321 g/mol. The average Bonchev–Trinajstić information content (AvgIpc) is 2.95. The first-order valence-electron chi connectivity index (χ1n) is 7.39. The summed E-state index contributed by atoms with van der Waals surface area (Å²) in [6.45, 7) is 3.44. The molecular weight excluding hydrogens is 302 g/mol. The van der Waals surface area contributed by atoms with E-state index in [0.717, 1.165) is 18.4 Å². The predicted octanol–water partition coefficient (Wildman–Crippen LogP) is 3.87. The fourth-order valence-electron chi connectivity index (χ4n) is 2.34. The summed E-state index contributed by atoms with van der Waals surface area (Å²) in [5.74, 6) is -0.472. The molecule has 118 valence electrons. The highest BCUT2D eigenvalue weighted by Gasteiger charge is 2.21. The molecule has 0 fully saturated rings. The molecule has 22 heavy (non-hydrogen) atoms. The Hall–Kier alpha value is -1.81. The van der Waals surface area contributed by atoms with Crippen molar-refractivity contribution in [2.75, 3.05) is 5.32 Å². The first kappa shape index (κ1) is 16.6. The molecule has 1 aromatic carbocycles. The molecule has 0 aliphatic heterocycles. The molecule has 1 amide bonds. The number of hydrogen-bond donors (Lipinski definition) is 1. The number of aryl methyl sites for hydroxylation is 1. The summed E-state index contributed by atoms with van der Waals surface area (Å²) in [5, 5.41) is 3.28. The van der Waals surface area contributed by atoms with E-state index in [1.54, 1.807) is 19.1 Å². The lowest BCUT2D eigenvalue weighted by Gasteiger charge is -2.16. The number of halogens is 1. The molecule has 2 atom stereocenters. The van der Waals surface area contributed by atoms with Gasteiger partial charge in [0.25, 0.3) is 5.91 Å². The molecule has 0 radical (unpaired) electrons. The SMILES string of the molecule is Cc1ccc(Cl)cc1NC(=O)[C@@H](C)OC(=O)C[C@H]1C=CCC1. The molecule has 0 bridgehead atoms. The van der Waals surface area contributed by atoms with E-state index in [4.69, 9.17) is 16.3 Å². The fourth-order valence-corrected chi connectivity index (χ4v) is 2.51. The fraction of sp³-hybridized carbons (Fsp3) is 0.412. The highest BCUT2D eigenvalue weighted by Crippen LogP contribution is 2.22. The Labute approximate surface area is 135 Å². The van der Waals surface area contributed by atoms with Crippen molar-refractivity contribution in [1.29, 1.82) is 0 Å². The molecule has 0 heterocycles. The van der Waals surface area contributed by atoms with Gasteiger partial charge in [-0.05, 0) is 50.3 Å². The smallest absolute Gasteiger partial charge is 0.307 e. The second-order valence-corrected chi connectivity index (χ2v) is 5.99. The van der Waals surface area contributed by atoms with Crippen molar-refractivity contribution in [3.05, 3.63) is 40.9 Å². The van der Waals surface area contributed by atoms with Crippen molar-refractivity contribution in [2.45, 2.75) is 39.2 Å². The number of carbonyl (C=O) groups excluding carboxylic acids is 2. The number of anilines is 1. The topological polar surface area (TPSA) is 55.4 Å². The molecule has 0 spiro atoms. The highest BCUT2D eigenvalue weighted by atomic mass is 35.5. The van der Waals surface area contributed by atoms with Crippen LogP contribution in [0.1, 0.15) is 31.7 Å². The van der Waals surface area contributed by atoms with Gasteiger partial charge in [0.05, 0.1) is 6.42 Å². The van der Waals surface area contributed by atoms with Gasteiger partial charge < -0.3 is 10.1 Å². The first-order valence-corrected chi connectivity index (χ1v) is 7.76. The summed E-state index contributed by atoms with van der Waals surface area (Å²) < 4.78 is 5.20. The van der Waals surface area contributed by atoms with Crippen LogP contribution in [0.2, 0.25) is 5.02 Å². The third-order valence-electron chi connectivity index (χ3n) is 3.68. The second kappa shape index (κ2) is 7.45. The first-order chi connectivity index (χ1) is 10.5. The number of carbonyl (C=O) groups is 2. The normalized spacial score (nSPS) is 18.0. The van der Waals surface area contributed by atoms with Crippen LogP contribution in [0.3, 0.4) is 0 Å². The summed E-state index contributed by atoms with van der Waals surface area (Å²) in [6.07, 6.45) is 5.55. The summed E-state index contributed by atoms with van der Waals surface area (Å²) in [5.41, 5.74) is 1.52. The van der Waals surface area contributed by atoms with Crippen LogP contribution in [0.4, 0.5) is 5.69 Å². The van der Waals surface area contributed by atoms with Crippen LogP contribution in [-0.4, -0.2) is 18.0 Å². The minimum atomic E-state index is -0.837. The number of ether oxygens (including phenoxy) is 1. The van der Waals surface area contributed by atoms with E-state index in [-0.39, 0.29) is 17.8 Å². The van der Waals surface area contributed by atoms with Crippen molar-refractivity contribution in [3.63, 3.8) is 0 Å². The van der Waals surface area contributed by atoms with Gasteiger partial charge in [-0.3, -0.25) is 9.59 Å². The Morgan fingerprint density at radius 3 is 2.91 bits per heavy atom. The lowest BCUT2D eigenvalue weighted by molar-refractivity contribution is -0.153. The van der Waals surface area contributed by atoms with Crippen LogP contribution < -0.4 is 5.32 Å². The van der Waals surface area contributed by atoms with Crippen LogP contribution >= 0.6 is 11.6 Å². The molecule has 1 N–H and O–H groups in total. The van der Waals surface area contributed by atoms with Gasteiger partial charge in [-0.2, -0.15) is 0 Å². The van der Waals surface area contributed by atoms with Crippen molar-refractivity contribution in [3.8, 4) is 0 Å². The Kier molecular flexibility index (Phi) is 5.61. The number of esters is 1. The molecule has 2 rings (SSSR count). The molecule has 0 saturated heterocycles. The van der Waals surface area contributed by atoms with Crippen molar-refractivity contribution in [2.24, 2.45) is 5.92 Å². The Balaban J connectivity index is 1.87. The van der Waals surface area contributed by atoms with Gasteiger partial charge in [0.2, 0.25) is 0 Å². The minimum absolute atomic E-state index is 0.234. The maximum absolute atomic E-state index is 12.1.